The Kier molecular flexibility index (Phi) is 21.6. The summed E-state index contributed by atoms with van der Waals surface area (Å²) >= 11 is 2.66. The topological polar surface area (TPSA) is 138 Å². The van der Waals surface area contributed by atoms with Gasteiger partial charge in [-0.25, -0.2) is 4.79 Å². The van der Waals surface area contributed by atoms with Crippen LogP contribution in [0.25, 0.3) is 0 Å². The van der Waals surface area contributed by atoms with E-state index in [2.05, 4.69) is 11.3 Å². The number of aliphatic hydroxyl groups excluding tert-OH is 2. The Morgan fingerprint density at radius 2 is 1.24 bits per heavy atom. The van der Waals surface area contributed by atoms with Gasteiger partial charge in [-0.2, -0.15) is 23.5 Å². The minimum absolute atomic E-state index is 0.0303. The van der Waals surface area contributed by atoms with Gasteiger partial charge in [0.1, 0.15) is 19.8 Å². The number of rotatable bonds is 22. The third-order valence-corrected chi connectivity index (χ3v) is 5.89. The fraction of sp³-hybridized carbons (Fsp3) is 0.762. The maximum absolute atomic E-state index is 11.6. The van der Waals surface area contributed by atoms with E-state index < -0.39 is 24.1 Å². The second-order valence-electron chi connectivity index (χ2n) is 6.41. The zero-order chi connectivity index (χ0) is 24.7. The first-order valence-electron chi connectivity index (χ1n) is 10.7. The molecule has 0 aliphatic carbocycles. The van der Waals surface area contributed by atoms with E-state index in [0.717, 1.165) is 6.08 Å². The highest BCUT2D eigenvalue weighted by atomic mass is 32.2. The largest absolute Gasteiger partial charge is 0.463 e. The van der Waals surface area contributed by atoms with Crippen LogP contribution in [0.2, 0.25) is 0 Å². The molecule has 0 saturated carbocycles. The van der Waals surface area contributed by atoms with Crippen molar-refractivity contribution in [3.63, 3.8) is 0 Å². The van der Waals surface area contributed by atoms with Crippen LogP contribution in [0.4, 0.5) is 0 Å². The lowest BCUT2D eigenvalue weighted by Gasteiger charge is -2.17. The molecule has 0 radical (unpaired) electrons. The Morgan fingerprint density at radius 1 is 0.788 bits per heavy atom. The summed E-state index contributed by atoms with van der Waals surface area (Å²) in [6, 6.07) is 0. The Bertz CT molecular complexity index is 547. The molecule has 0 fully saturated rings. The van der Waals surface area contributed by atoms with Crippen molar-refractivity contribution in [3.05, 3.63) is 12.7 Å². The zero-order valence-electron chi connectivity index (χ0n) is 19.1. The number of hydrogen-bond donors (Lipinski definition) is 2. The van der Waals surface area contributed by atoms with E-state index in [0.29, 0.717) is 37.9 Å². The second kappa shape index (κ2) is 22.5. The Balaban J connectivity index is 3.61. The molecule has 0 aliphatic rings. The van der Waals surface area contributed by atoms with Gasteiger partial charge in [-0.1, -0.05) is 6.58 Å². The van der Waals surface area contributed by atoms with E-state index >= 15 is 0 Å². The van der Waals surface area contributed by atoms with Crippen LogP contribution in [0.1, 0.15) is 19.8 Å². The van der Waals surface area contributed by atoms with Gasteiger partial charge in [-0.3, -0.25) is 9.59 Å². The molecule has 0 heterocycles. The average molecular weight is 513 g/mol. The number of thioether (sulfide) groups is 2. The highest BCUT2D eigenvalue weighted by molar-refractivity contribution is 7.99. The molecule has 0 bridgehead atoms. The van der Waals surface area contributed by atoms with Crippen molar-refractivity contribution in [1.29, 1.82) is 0 Å². The molecule has 0 rings (SSSR count). The molecule has 2 atom stereocenters. The summed E-state index contributed by atoms with van der Waals surface area (Å²) in [7, 11) is 0. The highest BCUT2D eigenvalue weighted by Gasteiger charge is 2.17. The van der Waals surface area contributed by atoms with Gasteiger partial charge in [-0.05, 0) is 6.92 Å². The van der Waals surface area contributed by atoms with E-state index in [9.17, 15) is 24.6 Å². The van der Waals surface area contributed by atoms with Crippen molar-refractivity contribution in [3.8, 4) is 0 Å². The summed E-state index contributed by atoms with van der Waals surface area (Å²) in [5.41, 5.74) is 0. The summed E-state index contributed by atoms with van der Waals surface area (Å²) in [6.07, 6.45) is -0.524. The first-order chi connectivity index (χ1) is 15.9. The molecule has 0 aromatic heterocycles. The van der Waals surface area contributed by atoms with Crippen LogP contribution in [0.3, 0.4) is 0 Å². The monoisotopic (exact) mass is 512 g/mol. The van der Waals surface area contributed by atoms with E-state index in [1.807, 2.05) is 6.92 Å². The molecule has 0 saturated heterocycles. The van der Waals surface area contributed by atoms with Crippen molar-refractivity contribution in [1.82, 2.24) is 0 Å². The Morgan fingerprint density at radius 3 is 1.76 bits per heavy atom. The minimum atomic E-state index is -0.947. The summed E-state index contributed by atoms with van der Waals surface area (Å²) in [5.74, 6) is 0.0670. The maximum Gasteiger partial charge on any atom is 0.330 e. The molecule has 192 valence electrons. The lowest BCUT2D eigenvalue weighted by atomic mass is 10.3. The molecule has 2 N–H and O–H groups in total. The van der Waals surface area contributed by atoms with E-state index in [4.69, 9.17) is 18.9 Å². The van der Waals surface area contributed by atoms with Gasteiger partial charge in [0, 0.05) is 35.7 Å². The van der Waals surface area contributed by atoms with Gasteiger partial charge >= 0.3 is 17.9 Å². The summed E-state index contributed by atoms with van der Waals surface area (Å²) in [6.45, 7) is 7.19. The molecule has 2 unspecified atom stereocenters. The molecule has 0 amide bonds. The highest BCUT2D eigenvalue weighted by Crippen LogP contribution is 2.13. The van der Waals surface area contributed by atoms with Crippen molar-refractivity contribution in [2.24, 2.45) is 0 Å². The summed E-state index contributed by atoms with van der Waals surface area (Å²) in [4.78, 5) is 34.0. The maximum atomic E-state index is 11.6. The first kappa shape index (κ1) is 31.7. The smallest absolute Gasteiger partial charge is 0.330 e. The van der Waals surface area contributed by atoms with Crippen LogP contribution in [0.5, 0.6) is 0 Å². The molecule has 0 aliphatic heterocycles. The molecule has 10 nitrogen and oxygen atoms in total. The Hall–Kier alpha value is -1.31. The quantitative estimate of drug-likeness (QED) is 0.0919. The lowest BCUT2D eigenvalue weighted by Crippen LogP contribution is -2.30. The third-order valence-electron chi connectivity index (χ3n) is 3.75. The first-order valence-corrected chi connectivity index (χ1v) is 13.0. The standard InChI is InChI=1S/C21H36O10S2/c1-3-19(24)29-11-12-31-21(26)6-14-33-16-18(23)17(22)15-32-13-5-20(25)30-10-9-28-8-7-27-4-2/h3,17-18,22-23H,1,4-16H2,2H3. The summed E-state index contributed by atoms with van der Waals surface area (Å²) < 4.78 is 25.0. The van der Waals surface area contributed by atoms with Gasteiger partial charge in [0.2, 0.25) is 0 Å². The van der Waals surface area contributed by atoms with Crippen molar-refractivity contribution in [2.75, 3.05) is 69.3 Å². The number of aliphatic hydroxyl groups is 2. The van der Waals surface area contributed by atoms with Crippen LogP contribution < -0.4 is 0 Å². The number of ether oxygens (including phenoxy) is 5. The van der Waals surface area contributed by atoms with Gasteiger partial charge in [-0.15, -0.1) is 0 Å². The SMILES string of the molecule is C=CC(=O)OCCOC(=O)CCSCC(O)C(O)CSCCC(=O)OCCOCCOCC. The summed E-state index contributed by atoms with van der Waals surface area (Å²) in [5, 5.41) is 20.0. The second-order valence-corrected chi connectivity index (χ2v) is 8.71. The van der Waals surface area contributed by atoms with Crippen molar-refractivity contribution < 1.29 is 48.3 Å². The average Bonchev–Trinajstić information content (AvgIpc) is 2.81. The lowest BCUT2D eigenvalue weighted by molar-refractivity contribution is -0.149. The van der Waals surface area contributed by atoms with Crippen LogP contribution in [-0.4, -0.2) is 110 Å². The van der Waals surface area contributed by atoms with E-state index in [1.54, 1.807) is 0 Å². The molecule has 12 heteroatoms. The molecular weight excluding hydrogens is 476 g/mol. The fourth-order valence-electron chi connectivity index (χ4n) is 2.02. The van der Waals surface area contributed by atoms with Gasteiger partial charge in [0.05, 0.1) is 44.9 Å². The van der Waals surface area contributed by atoms with Crippen LogP contribution in [0.15, 0.2) is 12.7 Å². The number of carbonyl (C=O) groups excluding carboxylic acids is 3. The minimum Gasteiger partial charge on any atom is -0.463 e. The molecular formula is C21H36O10S2. The van der Waals surface area contributed by atoms with Gasteiger partial charge in [0.25, 0.3) is 0 Å². The van der Waals surface area contributed by atoms with Crippen LogP contribution in [0, 0.1) is 0 Å². The van der Waals surface area contributed by atoms with Crippen molar-refractivity contribution in [2.45, 2.75) is 32.0 Å². The molecule has 0 aromatic carbocycles. The van der Waals surface area contributed by atoms with E-state index in [1.165, 1.54) is 23.5 Å². The molecule has 0 spiro atoms. The van der Waals surface area contributed by atoms with Crippen LogP contribution in [-0.2, 0) is 38.1 Å². The zero-order valence-corrected chi connectivity index (χ0v) is 20.7. The Labute approximate surface area is 203 Å². The van der Waals surface area contributed by atoms with Crippen molar-refractivity contribution >= 4 is 41.4 Å². The number of hydrogen-bond acceptors (Lipinski definition) is 12. The van der Waals surface area contributed by atoms with Gasteiger partial charge in [0.15, 0.2) is 0 Å². The van der Waals surface area contributed by atoms with Gasteiger partial charge < -0.3 is 33.9 Å². The molecule has 33 heavy (non-hydrogen) atoms. The number of esters is 3. The molecule has 0 aromatic rings. The third kappa shape index (κ3) is 21.0. The van der Waals surface area contributed by atoms with E-state index in [-0.39, 0.29) is 50.1 Å². The number of carbonyl (C=O) groups is 3. The predicted molar refractivity (Wildman–Crippen MR) is 126 cm³/mol. The van der Waals surface area contributed by atoms with Crippen LogP contribution >= 0.6 is 23.5 Å². The fourth-order valence-corrected chi connectivity index (χ4v) is 3.90. The normalized spacial score (nSPS) is 12.6. The predicted octanol–water partition coefficient (Wildman–Crippen LogP) is 0.824.